The number of benzene rings is 2. The number of para-hydroxylation sites is 1. The fourth-order valence-corrected chi connectivity index (χ4v) is 2.07. The van der Waals surface area contributed by atoms with Crippen molar-refractivity contribution in [3.05, 3.63) is 65.7 Å². The number of benzodiazepines with no additional fused rings is 1. The molecular weight excluding hydrogens is 250 g/mol. The van der Waals surface area contributed by atoms with E-state index in [0.717, 1.165) is 22.5 Å². The van der Waals surface area contributed by atoms with Crippen molar-refractivity contribution in [2.75, 3.05) is 18.9 Å². The molecule has 3 N–H and O–H groups in total. The molecule has 2 aromatic carbocycles. The normalized spacial score (nSPS) is 13.1. The number of carbonyl (C=O) groups excluding carboxylic acids is 1. The van der Waals surface area contributed by atoms with Gasteiger partial charge in [0.05, 0.1) is 11.4 Å². The SMILES string of the molecule is CN.O=C1CN=C(c2ccccc2)c2ccccc2N1. The summed E-state index contributed by atoms with van der Waals surface area (Å²) in [6, 6.07) is 17.7. The zero-order valence-corrected chi connectivity index (χ0v) is 11.3. The lowest BCUT2D eigenvalue weighted by molar-refractivity contribution is -0.114. The molecule has 0 bridgehead atoms. The number of carbonyl (C=O) groups is 1. The van der Waals surface area contributed by atoms with E-state index in [9.17, 15) is 4.79 Å². The number of rotatable bonds is 1. The Hall–Kier alpha value is -2.46. The summed E-state index contributed by atoms with van der Waals surface area (Å²) in [5, 5.41) is 2.87. The number of fused-ring (bicyclic) bond motifs is 1. The van der Waals surface area contributed by atoms with Crippen LogP contribution in [0.1, 0.15) is 11.1 Å². The Kier molecular flexibility index (Phi) is 4.63. The quantitative estimate of drug-likeness (QED) is 0.830. The molecule has 2 aromatic rings. The van der Waals surface area contributed by atoms with Crippen molar-refractivity contribution < 1.29 is 4.79 Å². The Balaban J connectivity index is 0.000000704. The van der Waals surface area contributed by atoms with Crippen LogP contribution in [0.15, 0.2) is 59.6 Å². The first kappa shape index (κ1) is 14.0. The first-order chi connectivity index (χ1) is 9.84. The molecule has 1 amide bonds. The summed E-state index contributed by atoms with van der Waals surface area (Å²) in [5.41, 5.74) is 8.18. The van der Waals surface area contributed by atoms with Crippen molar-refractivity contribution in [1.29, 1.82) is 0 Å². The van der Waals surface area contributed by atoms with Gasteiger partial charge in [-0.2, -0.15) is 0 Å². The van der Waals surface area contributed by atoms with Gasteiger partial charge in [-0.05, 0) is 13.1 Å². The number of anilines is 1. The Bertz CT molecular complexity index is 621. The summed E-state index contributed by atoms with van der Waals surface area (Å²) in [7, 11) is 1.50. The Labute approximate surface area is 118 Å². The van der Waals surface area contributed by atoms with E-state index in [-0.39, 0.29) is 12.5 Å². The molecule has 1 aliphatic heterocycles. The highest BCUT2D eigenvalue weighted by Crippen LogP contribution is 2.22. The van der Waals surface area contributed by atoms with Gasteiger partial charge in [0.1, 0.15) is 6.54 Å². The van der Waals surface area contributed by atoms with E-state index in [2.05, 4.69) is 16.0 Å². The third-order valence-electron chi connectivity index (χ3n) is 2.88. The third kappa shape index (κ3) is 2.92. The highest BCUT2D eigenvalue weighted by molar-refractivity contribution is 6.19. The second kappa shape index (κ2) is 6.63. The van der Waals surface area contributed by atoms with Crippen LogP contribution in [0.3, 0.4) is 0 Å². The van der Waals surface area contributed by atoms with Gasteiger partial charge in [-0.3, -0.25) is 9.79 Å². The molecule has 20 heavy (non-hydrogen) atoms. The fraction of sp³-hybridized carbons (Fsp3) is 0.125. The summed E-state index contributed by atoms with van der Waals surface area (Å²) in [6.07, 6.45) is 0. The van der Waals surface area contributed by atoms with Crippen LogP contribution >= 0.6 is 0 Å². The maximum absolute atomic E-state index is 11.6. The molecule has 0 saturated heterocycles. The summed E-state index contributed by atoms with van der Waals surface area (Å²) < 4.78 is 0. The summed E-state index contributed by atoms with van der Waals surface area (Å²) >= 11 is 0. The molecule has 0 fully saturated rings. The fourth-order valence-electron chi connectivity index (χ4n) is 2.07. The minimum absolute atomic E-state index is 0.0756. The van der Waals surface area contributed by atoms with Crippen LogP contribution in [-0.4, -0.2) is 25.2 Å². The van der Waals surface area contributed by atoms with Crippen LogP contribution in [0.2, 0.25) is 0 Å². The van der Waals surface area contributed by atoms with Gasteiger partial charge in [-0.15, -0.1) is 0 Å². The van der Waals surface area contributed by atoms with Crippen molar-refractivity contribution >= 4 is 17.3 Å². The second-order valence-corrected chi connectivity index (χ2v) is 4.12. The minimum Gasteiger partial charge on any atom is -0.333 e. The smallest absolute Gasteiger partial charge is 0.246 e. The van der Waals surface area contributed by atoms with E-state index < -0.39 is 0 Å². The van der Waals surface area contributed by atoms with Gasteiger partial charge in [-0.25, -0.2) is 0 Å². The molecule has 4 nitrogen and oxygen atoms in total. The van der Waals surface area contributed by atoms with Crippen molar-refractivity contribution in [3.63, 3.8) is 0 Å². The van der Waals surface area contributed by atoms with Gasteiger partial charge in [-0.1, -0.05) is 48.5 Å². The largest absolute Gasteiger partial charge is 0.333 e. The maximum Gasteiger partial charge on any atom is 0.246 e. The number of nitrogens with one attached hydrogen (secondary N) is 1. The molecule has 102 valence electrons. The molecule has 0 atom stereocenters. The summed E-state index contributed by atoms with van der Waals surface area (Å²) in [6.45, 7) is 0.166. The van der Waals surface area contributed by atoms with Gasteiger partial charge >= 0.3 is 0 Å². The second-order valence-electron chi connectivity index (χ2n) is 4.12. The molecule has 0 aromatic heterocycles. The van der Waals surface area contributed by atoms with Crippen LogP contribution in [0, 0.1) is 0 Å². The Morgan fingerprint density at radius 1 is 1.00 bits per heavy atom. The third-order valence-corrected chi connectivity index (χ3v) is 2.88. The average Bonchev–Trinajstić information content (AvgIpc) is 2.68. The number of amides is 1. The molecular formula is C16H17N3O. The molecule has 0 radical (unpaired) electrons. The molecule has 0 spiro atoms. The minimum atomic E-state index is -0.0756. The van der Waals surface area contributed by atoms with Gasteiger partial charge in [0, 0.05) is 11.1 Å². The number of nitrogens with two attached hydrogens (primary N) is 1. The summed E-state index contributed by atoms with van der Waals surface area (Å²) in [5.74, 6) is -0.0756. The molecule has 0 saturated carbocycles. The van der Waals surface area contributed by atoms with E-state index in [1.54, 1.807) is 0 Å². The Morgan fingerprint density at radius 3 is 2.40 bits per heavy atom. The standard InChI is InChI=1S/C15H12N2O.CH5N/c18-14-10-16-15(11-6-2-1-3-7-11)12-8-4-5-9-13(12)17-14;1-2/h1-9H,10H2,(H,17,18);2H2,1H3. The molecule has 1 aliphatic rings. The number of hydrogen-bond acceptors (Lipinski definition) is 3. The molecule has 4 heteroatoms. The van der Waals surface area contributed by atoms with Crippen molar-refractivity contribution in [2.45, 2.75) is 0 Å². The number of aliphatic imine (C=N–C) groups is 1. The lowest BCUT2D eigenvalue weighted by Gasteiger charge is -2.09. The zero-order chi connectivity index (χ0) is 14.4. The van der Waals surface area contributed by atoms with E-state index in [1.165, 1.54) is 7.05 Å². The van der Waals surface area contributed by atoms with E-state index in [4.69, 9.17) is 0 Å². The molecule has 1 heterocycles. The van der Waals surface area contributed by atoms with E-state index in [1.807, 2.05) is 54.6 Å². The number of nitrogens with zero attached hydrogens (tertiary/aromatic N) is 1. The van der Waals surface area contributed by atoms with Crippen molar-refractivity contribution in [2.24, 2.45) is 10.7 Å². The van der Waals surface area contributed by atoms with Crippen LogP contribution in [0.25, 0.3) is 0 Å². The predicted octanol–water partition coefficient (Wildman–Crippen LogP) is 2.05. The van der Waals surface area contributed by atoms with E-state index >= 15 is 0 Å². The Morgan fingerprint density at radius 2 is 1.65 bits per heavy atom. The van der Waals surface area contributed by atoms with Crippen molar-refractivity contribution in [3.8, 4) is 0 Å². The highest BCUT2D eigenvalue weighted by atomic mass is 16.1. The predicted molar refractivity (Wildman–Crippen MR) is 82.1 cm³/mol. The summed E-state index contributed by atoms with van der Waals surface area (Å²) in [4.78, 5) is 16.0. The molecule has 0 unspecified atom stereocenters. The van der Waals surface area contributed by atoms with Crippen LogP contribution < -0.4 is 11.1 Å². The van der Waals surface area contributed by atoms with Crippen LogP contribution in [0.5, 0.6) is 0 Å². The lowest BCUT2D eigenvalue weighted by atomic mass is 10.0. The topological polar surface area (TPSA) is 67.5 Å². The van der Waals surface area contributed by atoms with E-state index in [0.29, 0.717) is 0 Å². The van der Waals surface area contributed by atoms with Gasteiger partial charge in [0.15, 0.2) is 0 Å². The first-order valence-corrected chi connectivity index (χ1v) is 6.41. The monoisotopic (exact) mass is 267 g/mol. The van der Waals surface area contributed by atoms with Gasteiger partial charge in [0.25, 0.3) is 0 Å². The van der Waals surface area contributed by atoms with Gasteiger partial charge in [0.2, 0.25) is 5.91 Å². The van der Waals surface area contributed by atoms with Crippen LogP contribution in [0.4, 0.5) is 5.69 Å². The lowest BCUT2D eigenvalue weighted by Crippen LogP contribution is -2.13. The van der Waals surface area contributed by atoms with Gasteiger partial charge < -0.3 is 11.1 Å². The zero-order valence-electron chi connectivity index (χ0n) is 11.3. The molecule has 3 rings (SSSR count). The maximum atomic E-state index is 11.6. The first-order valence-electron chi connectivity index (χ1n) is 6.41. The highest BCUT2D eigenvalue weighted by Gasteiger charge is 2.16. The molecule has 0 aliphatic carbocycles. The number of hydrogen-bond donors (Lipinski definition) is 2. The van der Waals surface area contributed by atoms with Crippen molar-refractivity contribution in [1.82, 2.24) is 0 Å². The van der Waals surface area contributed by atoms with Crippen LogP contribution in [-0.2, 0) is 4.79 Å². The average molecular weight is 267 g/mol.